The number of aliphatic imine (C=N–C) groups is 4. The Morgan fingerprint density at radius 2 is 1.40 bits per heavy atom. The zero-order valence-corrected chi connectivity index (χ0v) is 35.1. The molecule has 1 aromatic rings. The third-order valence-electron chi connectivity index (χ3n) is 5.64. The SMILES string of the molecule is CC(=O)COCC(C)(C)C.CC(C)(C)C1=NCN=N1.CC(C)(C)CC1=NCN=N1.CC(C)(C)COCc1ncn[nH]1.CC(C)COCC1=NC(=O)C=N1. The lowest BCUT2D eigenvalue weighted by molar-refractivity contribution is -0.122. The molecule has 0 unspecified atom stereocenters. The number of hydrogen-bond acceptors (Lipinski definition) is 14. The van der Waals surface area contributed by atoms with Crippen molar-refractivity contribution >= 4 is 35.4 Å². The summed E-state index contributed by atoms with van der Waals surface area (Å²) in [5.74, 6) is 3.30. The summed E-state index contributed by atoms with van der Waals surface area (Å²) in [7, 11) is 0. The fraction of sp³-hybridized carbons (Fsp3) is 0.784. The number of nitrogens with zero attached hydrogens (tertiary/aromatic N) is 10. The van der Waals surface area contributed by atoms with Crippen LogP contribution in [0, 0.1) is 27.6 Å². The molecule has 16 nitrogen and oxygen atoms in total. The molecular weight excluding hydrogens is 678 g/mol. The lowest BCUT2D eigenvalue weighted by Gasteiger charge is -2.17. The van der Waals surface area contributed by atoms with Crippen molar-refractivity contribution in [2.75, 3.05) is 46.4 Å². The van der Waals surface area contributed by atoms with Crippen molar-refractivity contribution in [3.05, 3.63) is 12.2 Å². The van der Waals surface area contributed by atoms with Gasteiger partial charge in [0.1, 0.15) is 37.8 Å². The maximum Gasteiger partial charge on any atom is 0.290 e. The Hall–Kier alpha value is -3.76. The van der Waals surface area contributed by atoms with E-state index in [1.807, 2.05) is 0 Å². The molecule has 0 aliphatic carbocycles. The Kier molecular flexibility index (Phi) is 22.8. The van der Waals surface area contributed by atoms with E-state index >= 15 is 0 Å². The van der Waals surface area contributed by atoms with E-state index in [9.17, 15) is 9.59 Å². The smallest absolute Gasteiger partial charge is 0.290 e. The van der Waals surface area contributed by atoms with Gasteiger partial charge in [-0.05, 0) is 29.1 Å². The molecule has 3 aliphatic rings. The molecule has 300 valence electrons. The summed E-state index contributed by atoms with van der Waals surface area (Å²) in [6, 6.07) is 0. The summed E-state index contributed by atoms with van der Waals surface area (Å²) in [4.78, 5) is 40.5. The highest BCUT2D eigenvalue weighted by Crippen LogP contribution is 2.21. The Balaban J connectivity index is 0.000000641. The van der Waals surface area contributed by atoms with Gasteiger partial charge in [0, 0.05) is 18.4 Å². The average Bonchev–Trinajstić information content (AvgIpc) is 3.81. The van der Waals surface area contributed by atoms with Crippen LogP contribution >= 0.6 is 0 Å². The van der Waals surface area contributed by atoms with Crippen molar-refractivity contribution in [1.29, 1.82) is 0 Å². The van der Waals surface area contributed by atoms with Crippen LogP contribution in [0.2, 0.25) is 0 Å². The predicted molar refractivity (Wildman–Crippen MR) is 211 cm³/mol. The number of aromatic nitrogens is 3. The van der Waals surface area contributed by atoms with Crippen molar-refractivity contribution < 1.29 is 23.8 Å². The van der Waals surface area contributed by atoms with Crippen LogP contribution < -0.4 is 0 Å². The van der Waals surface area contributed by atoms with E-state index in [2.05, 4.69) is 153 Å². The Labute approximate surface area is 317 Å². The van der Waals surface area contributed by atoms with Gasteiger partial charge in [-0.15, -0.1) is 10.2 Å². The van der Waals surface area contributed by atoms with E-state index < -0.39 is 0 Å². The van der Waals surface area contributed by atoms with Gasteiger partial charge in [-0.1, -0.05) is 96.9 Å². The van der Waals surface area contributed by atoms with Gasteiger partial charge >= 0.3 is 0 Å². The number of azo groups is 2. The number of H-pyrrole nitrogens is 1. The number of rotatable bonds is 11. The molecule has 0 saturated heterocycles. The quantitative estimate of drug-likeness (QED) is 0.238. The second-order valence-corrected chi connectivity index (χ2v) is 17.6. The second-order valence-electron chi connectivity index (χ2n) is 17.6. The van der Waals surface area contributed by atoms with Crippen LogP contribution in [0.25, 0.3) is 0 Å². The van der Waals surface area contributed by atoms with Crippen molar-refractivity contribution in [3.63, 3.8) is 0 Å². The van der Waals surface area contributed by atoms with Gasteiger partial charge in [-0.3, -0.25) is 14.7 Å². The molecule has 1 N–H and O–H groups in total. The van der Waals surface area contributed by atoms with Crippen molar-refractivity contribution in [3.8, 4) is 0 Å². The zero-order valence-electron chi connectivity index (χ0n) is 35.1. The van der Waals surface area contributed by atoms with Gasteiger partial charge in [-0.25, -0.2) is 20.0 Å². The van der Waals surface area contributed by atoms with Crippen molar-refractivity contribution in [2.45, 2.75) is 117 Å². The lowest BCUT2D eigenvalue weighted by atomic mass is 9.92. The molecule has 0 radical (unpaired) electrons. The largest absolute Gasteiger partial charge is 0.373 e. The molecule has 4 heterocycles. The summed E-state index contributed by atoms with van der Waals surface area (Å²) in [6.45, 7) is 35.2. The molecule has 3 aliphatic heterocycles. The number of carbonyl (C=O) groups is 2. The van der Waals surface area contributed by atoms with Gasteiger partial charge in [0.15, 0.2) is 30.8 Å². The normalized spacial score (nSPS) is 14.9. The first-order valence-electron chi connectivity index (χ1n) is 17.9. The molecule has 16 heteroatoms. The molecule has 0 bridgehead atoms. The Morgan fingerprint density at radius 3 is 1.79 bits per heavy atom. The Morgan fingerprint density at radius 1 is 0.792 bits per heavy atom. The zero-order chi connectivity index (χ0) is 40.7. The number of carbonyl (C=O) groups excluding carboxylic acids is 2. The van der Waals surface area contributed by atoms with Crippen molar-refractivity contribution in [1.82, 2.24) is 15.2 Å². The Bertz CT molecular complexity index is 1390. The topological polar surface area (TPSA) is 202 Å². The van der Waals surface area contributed by atoms with Crippen LogP contribution in [0.5, 0.6) is 0 Å². The molecule has 0 aromatic carbocycles. The summed E-state index contributed by atoms with van der Waals surface area (Å²) in [5.41, 5.74) is 0.720. The summed E-state index contributed by atoms with van der Waals surface area (Å²) >= 11 is 0. The first-order valence-corrected chi connectivity index (χ1v) is 17.9. The van der Waals surface area contributed by atoms with E-state index in [1.165, 1.54) is 19.5 Å². The average molecular weight is 746 g/mol. The number of hydrogen-bond donors (Lipinski definition) is 1. The number of amidine groups is 3. The summed E-state index contributed by atoms with van der Waals surface area (Å²) in [5, 5.41) is 21.8. The first kappa shape index (κ1) is 49.2. The van der Waals surface area contributed by atoms with Crippen LogP contribution in [0.4, 0.5) is 0 Å². The second kappa shape index (κ2) is 24.5. The van der Waals surface area contributed by atoms with Crippen LogP contribution in [0.3, 0.4) is 0 Å². The third kappa shape index (κ3) is 31.5. The molecule has 4 rings (SSSR count). The first-order chi connectivity index (χ1) is 24.4. The number of Topliss-reactive ketones (excluding diaryl/α,β-unsaturated/α-hetero) is 1. The predicted octanol–water partition coefficient (Wildman–Crippen LogP) is 7.77. The highest BCUT2D eigenvalue weighted by molar-refractivity contribution is 6.34. The van der Waals surface area contributed by atoms with E-state index in [1.54, 1.807) is 0 Å². The molecular formula is C37H67N11O5. The number of aromatic amines is 1. The van der Waals surface area contributed by atoms with Crippen LogP contribution in [-0.4, -0.2) is 97.0 Å². The number of nitrogens with one attached hydrogen (secondary N) is 1. The van der Waals surface area contributed by atoms with Crippen molar-refractivity contribution in [2.24, 2.45) is 68.0 Å². The minimum atomic E-state index is -0.293. The minimum Gasteiger partial charge on any atom is -0.373 e. The van der Waals surface area contributed by atoms with Crippen LogP contribution in [0.15, 0.2) is 46.8 Å². The van der Waals surface area contributed by atoms with E-state index in [0.717, 1.165) is 30.5 Å². The standard InChI is InChI=1S/C8H15N3O.C8H12N2O2.C8H16O2.C7H13N3.C6H11N3/c1-8(2,3)5-12-4-7-9-6-10-11-7;1-6(2)4-12-5-7-9-3-8(11)10-7;1-7(9)5-10-6-8(2,3)4;1-7(2,3)4-6-8-5-9-10-6;1-6(2,3)5-7-4-8-9-5/h6H,4-5H2,1-3H3,(H,9,10,11);3,6H,4-5H2,1-2H3;5-6H2,1-4H3;4-5H2,1-3H3;4H2,1-3H3. The number of ether oxygens (including phenoxy) is 3. The van der Waals surface area contributed by atoms with Gasteiger partial charge in [0.05, 0.1) is 19.4 Å². The highest BCUT2D eigenvalue weighted by atomic mass is 16.5. The molecule has 0 atom stereocenters. The third-order valence-corrected chi connectivity index (χ3v) is 5.64. The van der Waals surface area contributed by atoms with Gasteiger partial charge < -0.3 is 14.2 Å². The maximum atomic E-state index is 10.6. The molecule has 53 heavy (non-hydrogen) atoms. The molecule has 0 saturated carbocycles. The van der Waals surface area contributed by atoms with Gasteiger partial charge in [0.2, 0.25) is 0 Å². The van der Waals surface area contributed by atoms with E-state index in [4.69, 9.17) is 14.2 Å². The number of amides is 1. The van der Waals surface area contributed by atoms with E-state index in [-0.39, 0.29) is 40.0 Å². The summed E-state index contributed by atoms with van der Waals surface area (Å²) < 4.78 is 15.7. The molecule has 1 aromatic heterocycles. The highest BCUT2D eigenvalue weighted by Gasteiger charge is 2.20. The van der Waals surface area contributed by atoms with E-state index in [0.29, 0.717) is 51.5 Å². The minimum absolute atomic E-state index is 0.0694. The van der Waals surface area contributed by atoms with Gasteiger partial charge in [-0.2, -0.15) is 20.3 Å². The van der Waals surface area contributed by atoms with Crippen LogP contribution in [0.1, 0.15) is 116 Å². The molecule has 1 amide bonds. The molecule has 0 fully saturated rings. The number of ketones is 1. The maximum absolute atomic E-state index is 10.6. The molecule has 0 spiro atoms. The van der Waals surface area contributed by atoms with Crippen LogP contribution in [-0.2, 0) is 30.4 Å². The summed E-state index contributed by atoms with van der Waals surface area (Å²) in [6.07, 6.45) is 3.61. The lowest BCUT2D eigenvalue weighted by Crippen LogP contribution is -2.17. The monoisotopic (exact) mass is 746 g/mol. The fourth-order valence-corrected chi connectivity index (χ4v) is 3.47. The fourth-order valence-electron chi connectivity index (χ4n) is 3.47. The van der Waals surface area contributed by atoms with Gasteiger partial charge in [0.25, 0.3) is 5.91 Å².